The first-order valence-corrected chi connectivity index (χ1v) is 10.1. The molecule has 156 valence electrons. The molecule has 0 aliphatic heterocycles. The highest BCUT2D eigenvalue weighted by Gasteiger charge is 2.40. The van der Waals surface area contributed by atoms with Crippen molar-refractivity contribution < 1.29 is 18.3 Å². The number of aliphatic hydroxyl groups is 1. The Morgan fingerprint density at radius 2 is 1.90 bits per heavy atom. The van der Waals surface area contributed by atoms with Crippen molar-refractivity contribution in [3.05, 3.63) is 69.3 Å². The van der Waals surface area contributed by atoms with Gasteiger partial charge in [0.1, 0.15) is 27.6 Å². The molecule has 2 aromatic carbocycles. The van der Waals surface area contributed by atoms with Crippen LogP contribution in [0.1, 0.15) is 16.3 Å². The van der Waals surface area contributed by atoms with Crippen LogP contribution in [-0.2, 0) is 13.2 Å². The number of halogens is 4. The Morgan fingerprint density at radius 3 is 2.61 bits per heavy atom. The number of aliphatic hydroxyl groups excluding tert-OH is 1. The van der Waals surface area contributed by atoms with Gasteiger partial charge in [0.05, 0.1) is 11.3 Å². The maximum absolute atomic E-state index is 13.4. The summed E-state index contributed by atoms with van der Waals surface area (Å²) in [6, 6.07) is 15.1. The number of alkyl halides is 3. The van der Waals surface area contributed by atoms with E-state index in [1.165, 1.54) is 7.05 Å². The first-order chi connectivity index (χ1) is 14.7. The zero-order chi connectivity index (χ0) is 22.3. The molecule has 0 bridgehead atoms. The zero-order valence-electron chi connectivity index (χ0n) is 15.8. The minimum Gasteiger partial charge on any atom is -0.506 e. The van der Waals surface area contributed by atoms with Gasteiger partial charge < -0.3 is 5.11 Å². The van der Waals surface area contributed by atoms with Gasteiger partial charge in [-0.25, -0.2) is 4.98 Å². The third-order valence-electron chi connectivity index (χ3n) is 4.61. The first kappa shape index (κ1) is 20.9. The monoisotopic (exact) mass is 460 g/mol. The number of hydrogen-bond donors (Lipinski definition) is 1. The maximum atomic E-state index is 13.4. The lowest BCUT2D eigenvalue weighted by molar-refractivity contribution is -0.141. The van der Waals surface area contributed by atoms with Crippen molar-refractivity contribution in [1.82, 2.24) is 14.8 Å². The quantitative estimate of drug-likeness (QED) is 0.287. The summed E-state index contributed by atoms with van der Waals surface area (Å²) in [5, 5.41) is 26.8. The number of benzene rings is 2. The van der Waals surface area contributed by atoms with Crippen LogP contribution < -0.4 is 0 Å². The van der Waals surface area contributed by atoms with E-state index in [0.29, 0.717) is 5.69 Å². The molecule has 5 nitrogen and oxygen atoms in total. The van der Waals surface area contributed by atoms with Gasteiger partial charge in [-0.1, -0.05) is 54.1 Å². The third kappa shape index (κ3) is 3.65. The summed E-state index contributed by atoms with van der Waals surface area (Å²) in [4.78, 5) is 4.40. The summed E-state index contributed by atoms with van der Waals surface area (Å²) < 4.78 is 40.9. The summed E-state index contributed by atoms with van der Waals surface area (Å²) in [7, 11) is 1.21. The predicted octanol–water partition coefficient (Wildman–Crippen LogP) is 6.32. The third-order valence-corrected chi connectivity index (χ3v) is 5.91. The Bertz CT molecular complexity index is 1380. The van der Waals surface area contributed by atoms with Crippen molar-refractivity contribution in [2.75, 3.05) is 0 Å². The van der Waals surface area contributed by atoms with Gasteiger partial charge in [-0.2, -0.15) is 23.5 Å². The van der Waals surface area contributed by atoms with E-state index in [2.05, 4.69) is 10.1 Å². The van der Waals surface area contributed by atoms with Gasteiger partial charge in [0.2, 0.25) is 0 Å². The molecule has 2 heterocycles. The summed E-state index contributed by atoms with van der Waals surface area (Å²) in [6.07, 6.45) is -4.87. The van der Waals surface area contributed by atoms with Gasteiger partial charge in [0.25, 0.3) is 0 Å². The molecular formula is C21H12ClF3N4OS. The van der Waals surface area contributed by atoms with Crippen molar-refractivity contribution in [2.24, 2.45) is 7.05 Å². The molecule has 31 heavy (non-hydrogen) atoms. The van der Waals surface area contributed by atoms with E-state index in [0.717, 1.165) is 32.4 Å². The normalized spacial score (nSPS) is 12.6. The Labute approximate surface area is 183 Å². The van der Waals surface area contributed by atoms with Crippen molar-refractivity contribution in [3.8, 4) is 17.3 Å². The molecule has 0 saturated carbocycles. The summed E-state index contributed by atoms with van der Waals surface area (Å²) >= 11 is 6.98. The van der Waals surface area contributed by atoms with E-state index in [-0.39, 0.29) is 5.01 Å². The molecule has 0 radical (unpaired) electrons. The first-order valence-electron chi connectivity index (χ1n) is 8.79. The van der Waals surface area contributed by atoms with Crippen LogP contribution in [0.25, 0.3) is 33.4 Å². The number of aromatic nitrogens is 3. The van der Waals surface area contributed by atoms with E-state index in [9.17, 15) is 23.5 Å². The lowest BCUT2D eigenvalue weighted by Crippen LogP contribution is -2.09. The van der Waals surface area contributed by atoms with Crippen molar-refractivity contribution in [3.63, 3.8) is 0 Å². The number of rotatable bonds is 3. The molecule has 0 fully saturated rings. The van der Waals surface area contributed by atoms with Crippen LogP contribution in [0.2, 0.25) is 5.15 Å². The molecule has 0 unspecified atom stereocenters. The minimum atomic E-state index is -4.87. The van der Waals surface area contributed by atoms with Crippen LogP contribution in [0.15, 0.2) is 47.8 Å². The van der Waals surface area contributed by atoms with E-state index in [4.69, 9.17) is 11.6 Å². The van der Waals surface area contributed by atoms with Crippen LogP contribution >= 0.6 is 22.9 Å². The van der Waals surface area contributed by atoms with Crippen LogP contribution in [0.5, 0.6) is 0 Å². The highest BCUT2D eigenvalue weighted by molar-refractivity contribution is 7.11. The molecule has 1 N–H and O–H groups in total. The number of nitriles is 1. The fraction of sp³-hybridized carbons (Fsp3) is 0.0952. The highest BCUT2D eigenvalue weighted by Crippen LogP contribution is 2.40. The number of allylic oxidation sites excluding steroid dienone is 1. The molecule has 4 rings (SSSR count). The molecule has 2 aromatic heterocycles. The average Bonchev–Trinajstić information content (AvgIpc) is 3.33. The Balaban J connectivity index is 1.87. The maximum Gasteiger partial charge on any atom is 0.435 e. The summed E-state index contributed by atoms with van der Waals surface area (Å²) in [5.74, 6) is -0.924. The Morgan fingerprint density at radius 1 is 1.19 bits per heavy atom. The summed E-state index contributed by atoms with van der Waals surface area (Å²) in [5.41, 5.74) is -1.22. The SMILES string of the molecule is Cn1nc(C(F)(F)F)c(C(O)=C(C#N)c2nc(-c3cccc4ccccc34)cs2)c1Cl. The molecule has 0 atom stereocenters. The van der Waals surface area contributed by atoms with Crippen LogP contribution in [-0.4, -0.2) is 19.9 Å². The largest absolute Gasteiger partial charge is 0.506 e. The average molecular weight is 461 g/mol. The highest BCUT2D eigenvalue weighted by atomic mass is 35.5. The van der Waals surface area contributed by atoms with Crippen molar-refractivity contribution in [2.45, 2.75) is 6.18 Å². The van der Waals surface area contributed by atoms with Gasteiger partial charge in [0.15, 0.2) is 5.69 Å². The van der Waals surface area contributed by atoms with Gasteiger partial charge in [-0.05, 0) is 10.8 Å². The molecular weight excluding hydrogens is 449 g/mol. The summed E-state index contributed by atoms with van der Waals surface area (Å²) in [6.45, 7) is 0. The molecule has 0 amide bonds. The molecule has 0 spiro atoms. The fourth-order valence-corrected chi connectivity index (χ4v) is 4.23. The van der Waals surface area contributed by atoms with Crippen LogP contribution in [0, 0.1) is 11.3 Å². The zero-order valence-corrected chi connectivity index (χ0v) is 17.3. The van der Waals surface area contributed by atoms with Gasteiger partial charge in [-0.3, -0.25) is 4.68 Å². The molecule has 0 saturated heterocycles. The molecule has 0 aliphatic carbocycles. The van der Waals surface area contributed by atoms with E-state index in [1.807, 2.05) is 42.5 Å². The van der Waals surface area contributed by atoms with Gasteiger partial charge >= 0.3 is 6.18 Å². The lowest BCUT2D eigenvalue weighted by atomic mass is 10.0. The Hall–Kier alpha value is -3.35. The predicted molar refractivity (Wildman–Crippen MR) is 113 cm³/mol. The van der Waals surface area contributed by atoms with Crippen LogP contribution in [0.3, 0.4) is 0 Å². The number of thiazole rings is 1. The number of aryl methyl sites for hydroxylation is 1. The van der Waals surface area contributed by atoms with E-state index in [1.54, 1.807) is 11.4 Å². The van der Waals surface area contributed by atoms with Gasteiger partial charge in [-0.15, -0.1) is 11.3 Å². The van der Waals surface area contributed by atoms with E-state index >= 15 is 0 Å². The second-order valence-electron chi connectivity index (χ2n) is 6.54. The smallest absolute Gasteiger partial charge is 0.435 e. The molecule has 10 heteroatoms. The fourth-order valence-electron chi connectivity index (χ4n) is 3.20. The second-order valence-corrected chi connectivity index (χ2v) is 7.75. The minimum absolute atomic E-state index is 0.0657. The number of hydrogen-bond acceptors (Lipinski definition) is 5. The van der Waals surface area contributed by atoms with Crippen LogP contribution in [0.4, 0.5) is 13.2 Å². The number of fused-ring (bicyclic) bond motifs is 1. The number of nitrogens with zero attached hydrogens (tertiary/aromatic N) is 4. The molecule has 4 aromatic rings. The van der Waals surface area contributed by atoms with Crippen molar-refractivity contribution >= 4 is 45.0 Å². The second kappa shape index (κ2) is 7.72. The van der Waals surface area contributed by atoms with Gasteiger partial charge in [0, 0.05) is 18.0 Å². The van der Waals surface area contributed by atoms with Crippen molar-refractivity contribution in [1.29, 1.82) is 5.26 Å². The van der Waals surface area contributed by atoms with E-state index < -0.39 is 33.9 Å². The topological polar surface area (TPSA) is 74.7 Å². The molecule has 0 aliphatic rings. The Kier molecular flexibility index (Phi) is 5.21. The standard InChI is InChI=1S/C21H12ClF3N4OS/c1-29-19(22)16(18(28-29)21(23,24)25)17(30)14(9-26)20-27-15(10-31-20)13-8-4-6-11-5-2-3-7-12(11)13/h2-8,10,30H,1H3. The lowest BCUT2D eigenvalue weighted by Gasteiger charge is -2.07.